The van der Waals surface area contributed by atoms with Crippen molar-refractivity contribution in [3.05, 3.63) is 45.0 Å². The van der Waals surface area contributed by atoms with Crippen LogP contribution in [0.3, 0.4) is 0 Å². The molecule has 7 heteroatoms. The van der Waals surface area contributed by atoms with Gasteiger partial charge in [0.05, 0.1) is 16.6 Å². The molecule has 3 rings (SSSR count). The summed E-state index contributed by atoms with van der Waals surface area (Å²) in [6.45, 7) is 0. The summed E-state index contributed by atoms with van der Waals surface area (Å²) in [6.07, 6.45) is 1.26. The van der Waals surface area contributed by atoms with Crippen LogP contribution >= 0.6 is 11.3 Å². The van der Waals surface area contributed by atoms with Gasteiger partial charge in [0.1, 0.15) is 10.2 Å². The minimum atomic E-state index is -0.461. The fourth-order valence-electron chi connectivity index (χ4n) is 1.76. The zero-order valence-electron chi connectivity index (χ0n) is 8.34. The molecule has 0 aliphatic carbocycles. The number of H-pyrrole nitrogens is 1. The molecule has 6 nitrogen and oxygen atoms in total. The highest BCUT2D eigenvalue weighted by molar-refractivity contribution is 7.25. The Morgan fingerprint density at radius 3 is 3.00 bits per heavy atom. The molecule has 0 saturated heterocycles. The van der Waals surface area contributed by atoms with E-state index in [-0.39, 0.29) is 11.2 Å². The molecule has 17 heavy (non-hydrogen) atoms. The number of aromatic nitrogens is 2. The minimum Gasteiger partial charge on any atom is -0.312 e. The molecule has 0 amide bonds. The first kappa shape index (κ1) is 9.91. The third-order valence-corrected chi connectivity index (χ3v) is 3.60. The molecule has 0 aliphatic rings. The van der Waals surface area contributed by atoms with Crippen molar-refractivity contribution in [2.24, 2.45) is 0 Å². The zero-order valence-corrected chi connectivity index (χ0v) is 9.15. The highest BCUT2D eigenvalue weighted by Crippen LogP contribution is 2.35. The van der Waals surface area contributed by atoms with Gasteiger partial charge in [-0.05, 0) is 6.07 Å². The van der Waals surface area contributed by atoms with Crippen LogP contribution in [0, 0.1) is 10.1 Å². The Hall–Kier alpha value is -2.28. The Kier molecular flexibility index (Phi) is 1.96. The van der Waals surface area contributed by atoms with E-state index in [1.807, 2.05) is 0 Å². The number of nitrogens with one attached hydrogen (secondary N) is 1. The predicted octanol–water partition coefficient (Wildman–Crippen LogP) is 2.05. The number of fused-ring (bicyclic) bond motifs is 3. The molecule has 0 bridgehead atoms. The van der Waals surface area contributed by atoms with Crippen molar-refractivity contribution in [1.82, 2.24) is 9.97 Å². The SMILES string of the molecule is O=c1[nH]cnc2c1sc1cccc([N+](=O)[O-])c12. The number of rotatable bonds is 1. The van der Waals surface area contributed by atoms with Crippen LogP contribution < -0.4 is 5.56 Å². The minimum absolute atomic E-state index is 0.0214. The number of nitro groups is 1. The van der Waals surface area contributed by atoms with Crippen molar-refractivity contribution < 1.29 is 4.92 Å². The topological polar surface area (TPSA) is 88.9 Å². The van der Waals surface area contributed by atoms with Crippen molar-refractivity contribution in [2.45, 2.75) is 0 Å². The van der Waals surface area contributed by atoms with Crippen LogP contribution in [0.5, 0.6) is 0 Å². The number of hydrogen-bond acceptors (Lipinski definition) is 5. The Balaban J connectivity index is 2.63. The maximum atomic E-state index is 11.6. The summed E-state index contributed by atoms with van der Waals surface area (Å²) in [6, 6.07) is 4.76. The number of benzene rings is 1. The Labute approximate surface area is 97.7 Å². The number of nitrogens with zero attached hydrogens (tertiary/aromatic N) is 2. The molecule has 0 saturated carbocycles. The highest BCUT2D eigenvalue weighted by atomic mass is 32.1. The fraction of sp³-hybridized carbons (Fsp3) is 0. The second-order valence-electron chi connectivity index (χ2n) is 3.42. The Morgan fingerprint density at radius 1 is 1.41 bits per heavy atom. The van der Waals surface area contributed by atoms with E-state index >= 15 is 0 Å². The van der Waals surface area contributed by atoms with E-state index in [9.17, 15) is 14.9 Å². The van der Waals surface area contributed by atoms with E-state index in [1.54, 1.807) is 12.1 Å². The van der Waals surface area contributed by atoms with Gasteiger partial charge < -0.3 is 4.98 Å². The molecule has 0 atom stereocenters. The maximum Gasteiger partial charge on any atom is 0.280 e. The van der Waals surface area contributed by atoms with Crippen LogP contribution in [0.1, 0.15) is 0 Å². The van der Waals surface area contributed by atoms with E-state index in [2.05, 4.69) is 9.97 Å². The highest BCUT2D eigenvalue weighted by Gasteiger charge is 2.18. The van der Waals surface area contributed by atoms with Gasteiger partial charge in [-0.15, -0.1) is 11.3 Å². The summed E-state index contributed by atoms with van der Waals surface area (Å²) in [5.74, 6) is 0. The van der Waals surface area contributed by atoms with E-state index in [0.717, 1.165) is 0 Å². The average Bonchev–Trinajstić information content (AvgIpc) is 2.69. The monoisotopic (exact) mass is 247 g/mol. The number of thiophene rings is 1. The molecule has 2 heterocycles. The number of nitro benzene ring substituents is 1. The van der Waals surface area contributed by atoms with Crippen LogP contribution in [0.4, 0.5) is 5.69 Å². The molecule has 0 unspecified atom stereocenters. The lowest BCUT2D eigenvalue weighted by molar-refractivity contribution is -0.383. The largest absolute Gasteiger partial charge is 0.312 e. The van der Waals surface area contributed by atoms with Crippen LogP contribution in [-0.4, -0.2) is 14.9 Å². The lowest BCUT2D eigenvalue weighted by atomic mass is 10.2. The summed E-state index contributed by atoms with van der Waals surface area (Å²) in [4.78, 5) is 28.5. The summed E-state index contributed by atoms with van der Waals surface area (Å²) < 4.78 is 1.11. The predicted molar refractivity (Wildman–Crippen MR) is 64.4 cm³/mol. The van der Waals surface area contributed by atoms with Gasteiger partial charge in [-0.2, -0.15) is 0 Å². The molecular formula is C10H5N3O3S. The standard InChI is InChI=1S/C10H5N3O3S/c14-10-9-8(11-4-12-10)7-5(13(15)16)2-1-3-6(7)17-9/h1-4H,(H,11,12,14). The van der Waals surface area contributed by atoms with Crippen molar-refractivity contribution in [3.8, 4) is 0 Å². The second kappa shape index (κ2) is 3.36. The molecule has 0 aliphatic heterocycles. The van der Waals surface area contributed by atoms with Crippen molar-refractivity contribution in [2.75, 3.05) is 0 Å². The number of aromatic amines is 1. The second-order valence-corrected chi connectivity index (χ2v) is 4.47. The summed E-state index contributed by atoms with van der Waals surface area (Å²) in [5.41, 5.74) is 0.0957. The van der Waals surface area contributed by atoms with Gasteiger partial charge in [-0.25, -0.2) is 4.98 Å². The molecule has 84 valence electrons. The van der Waals surface area contributed by atoms with Gasteiger partial charge in [0, 0.05) is 10.8 Å². The van der Waals surface area contributed by atoms with E-state index in [4.69, 9.17) is 0 Å². The van der Waals surface area contributed by atoms with Gasteiger partial charge in [-0.1, -0.05) is 6.07 Å². The number of non-ortho nitro benzene ring substituents is 1. The van der Waals surface area contributed by atoms with Gasteiger partial charge in [0.15, 0.2) is 0 Å². The van der Waals surface area contributed by atoms with Gasteiger partial charge in [0.25, 0.3) is 11.2 Å². The van der Waals surface area contributed by atoms with Gasteiger partial charge in [-0.3, -0.25) is 14.9 Å². The maximum absolute atomic E-state index is 11.6. The summed E-state index contributed by atoms with van der Waals surface area (Å²) in [7, 11) is 0. The third kappa shape index (κ3) is 1.32. The van der Waals surface area contributed by atoms with Crippen molar-refractivity contribution in [1.29, 1.82) is 0 Å². The van der Waals surface area contributed by atoms with Crippen LogP contribution in [-0.2, 0) is 0 Å². The first-order chi connectivity index (χ1) is 8.18. The Bertz CT molecular complexity index is 805. The lowest BCUT2D eigenvalue weighted by Crippen LogP contribution is -2.03. The lowest BCUT2D eigenvalue weighted by Gasteiger charge is -1.93. The molecule has 2 aromatic heterocycles. The van der Waals surface area contributed by atoms with Crippen LogP contribution in [0.25, 0.3) is 20.3 Å². The molecule has 0 fully saturated rings. The van der Waals surface area contributed by atoms with Gasteiger partial charge >= 0.3 is 0 Å². The molecule has 0 spiro atoms. The normalized spacial score (nSPS) is 11.1. The van der Waals surface area contributed by atoms with E-state index in [1.165, 1.54) is 23.7 Å². The Morgan fingerprint density at radius 2 is 2.24 bits per heavy atom. The van der Waals surface area contributed by atoms with Gasteiger partial charge in [0.2, 0.25) is 0 Å². The van der Waals surface area contributed by atoms with Crippen molar-refractivity contribution >= 4 is 37.3 Å². The van der Waals surface area contributed by atoms with Crippen LogP contribution in [0.2, 0.25) is 0 Å². The smallest absolute Gasteiger partial charge is 0.280 e. The van der Waals surface area contributed by atoms with Crippen molar-refractivity contribution in [3.63, 3.8) is 0 Å². The quantitative estimate of drug-likeness (QED) is 0.526. The third-order valence-electron chi connectivity index (χ3n) is 2.46. The summed E-state index contributed by atoms with van der Waals surface area (Å²) >= 11 is 1.21. The van der Waals surface area contributed by atoms with E-state index < -0.39 is 4.92 Å². The molecule has 1 aromatic carbocycles. The van der Waals surface area contributed by atoms with Crippen LogP contribution in [0.15, 0.2) is 29.3 Å². The average molecular weight is 247 g/mol. The molecular weight excluding hydrogens is 242 g/mol. The number of hydrogen-bond donors (Lipinski definition) is 1. The first-order valence-corrected chi connectivity index (χ1v) is 5.53. The fourth-order valence-corrected chi connectivity index (χ4v) is 2.84. The first-order valence-electron chi connectivity index (χ1n) is 4.72. The molecule has 3 aromatic rings. The molecule has 1 N–H and O–H groups in total. The summed E-state index contributed by atoms with van der Waals surface area (Å²) in [5, 5.41) is 11.4. The zero-order chi connectivity index (χ0) is 12.0. The molecule has 0 radical (unpaired) electrons. The van der Waals surface area contributed by atoms with E-state index in [0.29, 0.717) is 20.3 Å².